The van der Waals surface area contributed by atoms with Crippen molar-refractivity contribution in [3.8, 4) is 0 Å². The van der Waals surface area contributed by atoms with Crippen LogP contribution in [-0.4, -0.2) is 27.9 Å². The average Bonchev–Trinajstić information content (AvgIpc) is 3.02. The Balaban J connectivity index is 2.08. The van der Waals surface area contributed by atoms with E-state index in [1.54, 1.807) is 11.3 Å². The first kappa shape index (κ1) is 16.0. The van der Waals surface area contributed by atoms with Gasteiger partial charge in [-0.2, -0.15) is 5.10 Å². The second kappa shape index (κ2) is 7.04. The highest BCUT2D eigenvalue weighted by molar-refractivity contribution is 7.15. The minimum absolute atomic E-state index is 0.494. The van der Waals surface area contributed by atoms with Crippen molar-refractivity contribution in [1.82, 2.24) is 20.1 Å². The molecule has 0 aliphatic rings. The molecule has 0 aliphatic carbocycles. The predicted octanol–water partition coefficient (Wildman–Crippen LogP) is 2.57. The molecule has 0 radical (unpaired) electrons. The van der Waals surface area contributed by atoms with Crippen LogP contribution in [0.5, 0.6) is 0 Å². The van der Waals surface area contributed by atoms with Crippen molar-refractivity contribution in [2.45, 2.75) is 46.3 Å². The van der Waals surface area contributed by atoms with Crippen LogP contribution in [0.15, 0.2) is 12.4 Å². The first-order valence-corrected chi connectivity index (χ1v) is 8.21. The SMILES string of the molecule is CCc1nc(N(C)Cc2cnn(C)c2)sc1CNC(C)C. The van der Waals surface area contributed by atoms with E-state index in [1.165, 1.54) is 16.1 Å². The third-order valence-corrected chi connectivity index (χ3v) is 4.49. The highest BCUT2D eigenvalue weighted by atomic mass is 32.1. The monoisotopic (exact) mass is 307 g/mol. The van der Waals surface area contributed by atoms with Gasteiger partial charge in [0, 0.05) is 49.9 Å². The van der Waals surface area contributed by atoms with Crippen molar-refractivity contribution in [1.29, 1.82) is 0 Å². The highest BCUT2D eigenvalue weighted by Gasteiger charge is 2.13. The van der Waals surface area contributed by atoms with Gasteiger partial charge in [0.25, 0.3) is 0 Å². The quantitative estimate of drug-likeness (QED) is 0.854. The lowest BCUT2D eigenvalue weighted by Gasteiger charge is -2.14. The van der Waals surface area contributed by atoms with Crippen molar-refractivity contribution in [2.75, 3.05) is 11.9 Å². The molecule has 5 nitrogen and oxygen atoms in total. The number of hydrogen-bond donors (Lipinski definition) is 1. The summed E-state index contributed by atoms with van der Waals surface area (Å²) in [4.78, 5) is 8.33. The van der Waals surface area contributed by atoms with Crippen LogP contribution >= 0.6 is 11.3 Å². The van der Waals surface area contributed by atoms with Crippen molar-refractivity contribution >= 4 is 16.5 Å². The fraction of sp³-hybridized carbons (Fsp3) is 0.600. The van der Waals surface area contributed by atoms with E-state index in [0.717, 1.165) is 24.6 Å². The van der Waals surface area contributed by atoms with Gasteiger partial charge in [-0.3, -0.25) is 4.68 Å². The minimum atomic E-state index is 0.494. The Morgan fingerprint density at radius 2 is 2.19 bits per heavy atom. The molecule has 2 aromatic rings. The van der Waals surface area contributed by atoms with E-state index in [-0.39, 0.29) is 0 Å². The fourth-order valence-electron chi connectivity index (χ4n) is 2.14. The molecule has 2 aromatic heterocycles. The van der Waals surface area contributed by atoms with Crippen LogP contribution in [0.4, 0.5) is 5.13 Å². The number of nitrogens with zero attached hydrogens (tertiary/aromatic N) is 4. The molecule has 0 spiro atoms. The summed E-state index contributed by atoms with van der Waals surface area (Å²) in [5.74, 6) is 0. The lowest BCUT2D eigenvalue weighted by atomic mass is 10.3. The molecule has 1 N–H and O–H groups in total. The molecule has 21 heavy (non-hydrogen) atoms. The molecule has 0 atom stereocenters. The maximum absolute atomic E-state index is 4.79. The molecule has 0 aromatic carbocycles. The molecule has 2 heterocycles. The van der Waals surface area contributed by atoms with Gasteiger partial charge >= 0.3 is 0 Å². The highest BCUT2D eigenvalue weighted by Crippen LogP contribution is 2.27. The van der Waals surface area contributed by atoms with Gasteiger partial charge in [-0.1, -0.05) is 20.8 Å². The van der Waals surface area contributed by atoms with Crippen LogP contribution in [0.1, 0.15) is 36.9 Å². The summed E-state index contributed by atoms with van der Waals surface area (Å²) in [5, 5.41) is 8.77. The van der Waals surface area contributed by atoms with E-state index >= 15 is 0 Å². The zero-order valence-corrected chi connectivity index (χ0v) is 14.4. The van der Waals surface area contributed by atoms with Gasteiger partial charge in [-0.05, 0) is 6.42 Å². The van der Waals surface area contributed by atoms with Gasteiger partial charge in [-0.25, -0.2) is 4.98 Å². The topological polar surface area (TPSA) is 46.0 Å². The van der Waals surface area contributed by atoms with E-state index < -0.39 is 0 Å². The summed E-state index contributed by atoms with van der Waals surface area (Å²) in [6.45, 7) is 8.24. The van der Waals surface area contributed by atoms with Gasteiger partial charge in [0.15, 0.2) is 5.13 Å². The van der Waals surface area contributed by atoms with Crippen molar-refractivity contribution in [3.05, 3.63) is 28.5 Å². The molecule has 0 fully saturated rings. The molecule has 0 aliphatic heterocycles. The van der Waals surface area contributed by atoms with Crippen molar-refractivity contribution in [2.24, 2.45) is 7.05 Å². The number of rotatable bonds is 7. The average molecular weight is 307 g/mol. The van der Waals surface area contributed by atoms with E-state index in [4.69, 9.17) is 4.98 Å². The molecule has 0 saturated carbocycles. The summed E-state index contributed by atoms with van der Waals surface area (Å²) in [6, 6.07) is 0.494. The second-order valence-electron chi connectivity index (χ2n) is 5.63. The first-order valence-electron chi connectivity index (χ1n) is 7.40. The molecule has 0 saturated heterocycles. The third-order valence-electron chi connectivity index (χ3n) is 3.28. The lowest BCUT2D eigenvalue weighted by Crippen LogP contribution is -2.21. The molecule has 0 unspecified atom stereocenters. The van der Waals surface area contributed by atoms with E-state index in [1.807, 2.05) is 24.1 Å². The van der Waals surface area contributed by atoms with Gasteiger partial charge in [0.2, 0.25) is 0 Å². The lowest BCUT2D eigenvalue weighted by molar-refractivity contribution is 0.590. The van der Waals surface area contributed by atoms with Gasteiger partial charge in [-0.15, -0.1) is 11.3 Å². The Kier molecular flexibility index (Phi) is 5.36. The number of thiazole rings is 1. The largest absolute Gasteiger partial charge is 0.347 e. The summed E-state index contributed by atoms with van der Waals surface area (Å²) >= 11 is 1.79. The number of hydrogen-bond acceptors (Lipinski definition) is 5. The van der Waals surface area contributed by atoms with Gasteiger partial charge in [0.05, 0.1) is 11.9 Å². The van der Waals surface area contributed by atoms with E-state index in [2.05, 4.69) is 43.1 Å². The molecule has 2 rings (SSSR count). The molecule has 0 bridgehead atoms. The van der Waals surface area contributed by atoms with E-state index in [0.29, 0.717) is 6.04 Å². The van der Waals surface area contributed by atoms with Crippen LogP contribution in [0.25, 0.3) is 0 Å². The third kappa shape index (κ3) is 4.28. The molecule has 6 heteroatoms. The van der Waals surface area contributed by atoms with Crippen molar-refractivity contribution in [3.63, 3.8) is 0 Å². The molecule has 116 valence electrons. The second-order valence-corrected chi connectivity index (χ2v) is 6.70. The maximum Gasteiger partial charge on any atom is 0.185 e. The van der Waals surface area contributed by atoms with E-state index in [9.17, 15) is 0 Å². The smallest absolute Gasteiger partial charge is 0.185 e. The van der Waals surface area contributed by atoms with Crippen LogP contribution in [0.2, 0.25) is 0 Å². The predicted molar refractivity (Wildman–Crippen MR) is 88.8 cm³/mol. The summed E-state index contributed by atoms with van der Waals surface area (Å²) in [6.07, 6.45) is 4.93. The standard InChI is InChI=1S/C15H25N5S/c1-6-13-14(8-16-11(2)3)21-15(18-13)19(4)9-12-7-17-20(5)10-12/h7,10-11,16H,6,8-9H2,1-5H3. The van der Waals surface area contributed by atoms with Crippen molar-refractivity contribution < 1.29 is 0 Å². The number of anilines is 1. The summed E-state index contributed by atoms with van der Waals surface area (Å²) < 4.78 is 1.83. The van der Waals surface area contributed by atoms with Crippen LogP contribution in [0, 0.1) is 0 Å². The Labute approximate surface area is 131 Å². The first-order chi connectivity index (χ1) is 9.99. The molecule has 0 amide bonds. The Morgan fingerprint density at radius 3 is 2.76 bits per heavy atom. The zero-order chi connectivity index (χ0) is 15.4. The number of aryl methyl sites for hydroxylation is 2. The fourth-order valence-corrected chi connectivity index (χ4v) is 3.20. The maximum atomic E-state index is 4.79. The summed E-state index contributed by atoms with van der Waals surface area (Å²) in [5.41, 5.74) is 2.41. The Bertz CT molecular complexity index is 572. The Morgan fingerprint density at radius 1 is 1.43 bits per heavy atom. The van der Waals surface area contributed by atoms with Gasteiger partial charge in [0.1, 0.15) is 0 Å². The van der Waals surface area contributed by atoms with Gasteiger partial charge < -0.3 is 10.2 Å². The molecular formula is C15H25N5S. The number of aromatic nitrogens is 3. The zero-order valence-electron chi connectivity index (χ0n) is 13.6. The summed E-state index contributed by atoms with van der Waals surface area (Å²) in [7, 11) is 4.03. The molecular weight excluding hydrogens is 282 g/mol. The minimum Gasteiger partial charge on any atom is -0.347 e. The normalized spacial score (nSPS) is 11.3. The number of nitrogens with one attached hydrogen (secondary N) is 1. The van der Waals surface area contributed by atoms with Crippen LogP contribution in [0.3, 0.4) is 0 Å². The van der Waals surface area contributed by atoms with Crippen LogP contribution in [-0.2, 0) is 26.6 Å². The Hall–Kier alpha value is -1.40. The van der Waals surface area contributed by atoms with Crippen LogP contribution < -0.4 is 10.2 Å².